The lowest BCUT2D eigenvalue weighted by molar-refractivity contribution is -0.703. The summed E-state index contributed by atoms with van der Waals surface area (Å²) in [6.45, 7) is 3.20. The van der Waals surface area contributed by atoms with Crippen LogP contribution in [0.15, 0.2) is 12.5 Å². The number of aromatic nitrogens is 2. The average molecular weight is 352 g/mol. The molecule has 0 N–H and O–H groups in total. The minimum absolute atomic E-state index is 0. The predicted molar refractivity (Wildman–Crippen MR) is 60.9 cm³/mol. The number of esters is 1. The SMILES string of the molecule is CCCC[n+]1cn(C)cc1CCC(=O)OC.[I-]. The normalized spacial score (nSPS) is 9.82. The molecule has 1 aromatic heterocycles. The van der Waals surface area contributed by atoms with Crippen LogP contribution in [0.3, 0.4) is 0 Å². The van der Waals surface area contributed by atoms with E-state index in [9.17, 15) is 4.79 Å². The molecule has 0 aliphatic carbocycles. The molecular weight excluding hydrogens is 331 g/mol. The van der Waals surface area contributed by atoms with Crippen molar-refractivity contribution in [1.82, 2.24) is 4.57 Å². The summed E-state index contributed by atoms with van der Waals surface area (Å²) in [4.78, 5) is 11.1. The second-order valence-corrected chi connectivity index (χ2v) is 4.02. The Kier molecular flexibility index (Phi) is 8.20. The van der Waals surface area contributed by atoms with Crippen LogP contribution in [0.4, 0.5) is 0 Å². The van der Waals surface area contributed by atoms with Crippen LogP contribution in [0.25, 0.3) is 0 Å². The fourth-order valence-electron chi connectivity index (χ4n) is 1.71. The summed E-state index contributed by atoms with van der Waals surface area (Å²) in [5.41, 5.74) is 1.20. The first kappa shape index (κ1) is 16.4. The van der Waals surface area contributed by atoms with Crippen LogP contribution in [0.2, 0.25) is 0 Å². The second-order valence-electron chi connectivity index (χ2n) is 4.02. The van der Waals surface area contributed by atoms with Gasteiger partial charge in [0.25, 0.3) is 0 Å². The number of carbonyl (C=O) groups excluding carboxylic acids is 1. The lowest BCUT2D eigenvalue weighted by Gasteiger charge is -2.00. The summed E-state index contributed by atoms with van der Waals surface area (Å²) in [5.74, 6) is -0.147. The predicted octanol–water partition coefficient (Wildman–Crippen LogP) is -1.78. The largest absolute Gasteiger partial charge is 1.00 e. The fourth-order valence-corrected chi connectivity index (χ4v) is 1.71. The third kappa shape index (κ3) is 5.52. The molecule has 0 unspecified atom stereocenters. The Hall–Kier alpha value is -0.590. The number of imidazole rings is 1. The molecule has 98 valence electrons. The minimum Gasteiger partial charge on any atom is -1.00 e. The van der Waals surface area contributed by atoms with E-state index < -0.39 is 0 Å². The zero-order valence-electron chi connectivity index (χ0n) is 10.8. The van der Waals surface area contributed by atoms with Crippen molar-refractivity contribution in [3.63, 3.8) is 0 Å². The summed E-state index contributed by atoms with van der Waals surface area (Å²) < 4.78 is 8.89. The highest BCUT2D eigenvalue weighted by molar-refractivity contribution is 5.69. The summed E-state index contributed by atoms with van der Waals surface area (Å²) >= 11 is 0. The third-order valence-electron chi connectivity index (χ3n) is 2.61. The van der Waals surface area contributed by atoms with Crippen molar-refractivity contribution in [2.24, 2.45) is 7.05 Å². The zero-order chi connectivity index (χ0) is 12.0. The van der Waals surface area contributed by atoms with Crippen LogP contribution in [0.5, 0.6) is 0 Å². The molecule has 0 aromatic carbocycles. The maximum absolute atomic E-state index is 11.1. The van der Waals surface area contributed by atoms with Crippen LogP contribution in [-0.4, -0.2) is 17.6 Å². The first-order valence-electron chi connectivity index (χ1n) is 5.78. The van der Waals surface area contributed by atoms with Gasteiger partial charge in [0.2, 0.25) is 6.33 Å². The average Bonchev–Trinajstić information content (AvgIpc) is 2.63. The van der Waals surface area contributed by atoms with Crippen molar-refractivity contribution in [1.29, 1.82) is 0 Å². The quantitative estimate of drug-likeness (QED) is 0.345. The number of hydrogen-bond acceptors (Lipinski definition) is 2. The lowest BCUT2D eigenvalue weighted by atomic mass is 10.2. The smallest absolute Gasteiger partial charge is 0.305 e. The first-order chi connectivity index (χ1) is 7.67. The molecule has 0 saturated heterocycles. The van der Waals surface area contributed by atoms with Gasteiger partial charge >= 0.3 is 5.97 Å². The standard InChI is InChI=1S/C12H21N2O2.HI/c1-4-5-8-14-10-13(2)9-11(14)6-7-12(15)16-3;/h9-10H,4-8H2,1-3H3;1H/q+1;/p-1. The monoisotopic (exact) mass is 352 g/mol. The van der Waals surface area contributed by atoms with Crippen molar-refractivity contribution in [2.75, 3.05) is 7.11 Å². The van der Waals surface area contributed by atoms with Gasteiger partial charge in [0, 0.05) is 6.42 Å². The van der Waals surface area contributed by atoms with Gasteiger partial charge in [-0.15, -0.1) is 0 Å². The molecule has 0 radical (unpaired) electrons. The summed E-state index contributed by atoms with van der Waals surface area (Å²) in [6, 6.07) is 0. The Labute approximate surface area is 120 Å². The molecule has 0 spiro atoms. The lowest BCUT2D eigenvalue weighted by Crippen LogP contribution is -3.00. The molecular formula is C12H21IN2O2. The topological polar surface area (TPSA) is 35.1 Å². The van der Waals surface area contributed by atoms with Gasteiger partial charge in [0.15, 0.2) is 0 Å². The maximum atomic E-state index is 11.1. The number of aryl methyl sites for hydroxylation is 3. The molecule has 0 amide bonds. The van der Waals surface area contributed by atoms with Crippen LogP contribution >= 0.6 is 0 Å². The molecule has 1 aromatic rings. The number of halogens is 1. The number of rotatable bonds is 6. The summed E-state index contributed by atoms with van der Waals surface area (Å²) in [5, 5.41) is 0. The van der Waals surface area contributed by atoms with Gasteiger partial charge < -0.3 is 28.7 Å². The molecule has 0 bridgehead atoms. The molecule has 17 heavy (non-hydrogen) atoms. The fraction of sp³-hybridized carbons (Fsp3) is 0.667. The van der Waals surface area contributed by atoms with Crippen molar-refractivity contribution in [2.45, 2.75) is 39.2 Å². The number of unbranched alkanes of at least 4 members (excludes halogenated alkanes) is 1. The second kappa shape index (κ2) is 8.49. The van der Waals surface area contributed by atoms with Gasteiger partial charge in [0.05, 0.1) is 27.1 Å². The van der Waals surface area contributed by atoms with E-state index in [4.69, 9.17) is 0 Å². The highest BCUT2D eigenvalue weighted by atomic mass is 127. The Morgan fingerprint density at radius 3 is 2.82 bits per heavy atom. The Balaban J connectivity index is 0.00000256. The number of carbonyl (C=O) groups is 1. The zero-order valence-corrected chi connectivity index (χ0v) is 12.9. The van der Waals surface area contributed by atoms with E-state index >= 15 is 0 Å². The van der Waals surface area contributed by atoms with Crippen molar-refractivity contribution in [3.05, 3.63) is 18.2 Å². The van der Waals surface area contributed by atoms with Crippen LogP contribution in [-0.2, 0) is 29.5 Å². The van der Waals surface area contributed by atoms with Crippen LogP contribution in [0.1, 0.15) is 31.9 Å². The van der Waals surface area contributed by atoms with Crippen molar-refractivity contribution in [3.8, 4) is 0 Å². The number of hydrogen-bond donors (Lipinski definition) is 0. The Morgan fingerprint density at radius 1 is 1.53 bits per heavy atom. The van der Waals surface area contributed by atoms with Crippen LogP contribution in [0, 0.1) is 0 Å². The van der Waals surface area contributed by atoms with E-state index in [0.717, 1.165) is 13.0 Å². The molecule has 0 atom stereocenters. The van der Waals surface area contributed by atoms with Crippen molar-refractivity contribution < 1.29 is 38.1 Å². The third-order valence-corrected chi connectivity index (χ3v) is 2.61. The molecule has 0 aliphatic rings. The van der Waals surface area contributed by atoms with E-state index in [1.165, 1.54) is 25.6 Å². The van der Waals surface area contributed by atoms with Crippen molar-refractivity contribution >= 4 is 5.97 Å². The van der Waals surface area contributed by atoms with E-state index in [1.54, 1.807) is 0 Å². The van der Waals surface area contributed by atoms with Gasteiger partial charge in [0.1, 0.15) is 11.9 Å². The summed E-state index contributed by atoms with van der Waals surface area (Å²) in [6.07, 6.45) is 7.68. The highest BCUT2D eigenvalue weighted by Crippen LogP contribution is 2.00. The van der Waals surface area contributed by atoms with E-state index in [0.29, 0.717) is 6.42 Å². The number of nitrogens with zero attached hydrogens (tertiary/aromatic N) is 2. The molecule has 1 heterocycles. The van der Waals surface area contributed by atoms with Gasteiger partial charge in [-0.3, -0.25) is 4.79 Å². The Morgan fingerprint density at radius 2 is 2.24 bits per heavy atom. The molecule has 0 saturated carbocycles. The molecule has 0 aliphatic heterocycles. The van der Waals surface area contributed by atoms with E-state index in [-0.39, 0.29) is 29.9 Å². The van der Waals surface area contributed by atoms with Gasteiger partial charge in [-0.1, -0.05) is 13.3 Å². The van der Waals surface area contributed by atoms with Gasteiger partial charge in [-0.05, 0) is 6.42 Å². The molecule has 0 fully saturated rings. The molecule has 5 heteroatoms. The highest BCUT2D eigenvalue weighted by Gasteiger charge is 2.12. The number of ether oxygens (including phenoxy) is 1. The molecule has 4 nitrogen and oxygen atoms in total. The number of methoxy groups -OCH3 is 1. The van der Waals surface area contributed by atoms with Gasteiger partial charge in [-0.25, -0.2) is 9.13 Å². The summed E-state index contributed by atoms with van der Waals surface area (Å²) in [7, 11) is 3.43. The van der Waals surface area contributed by atoms with Crippen LogP contribution < -0.4 is 28.5 Å². The van der Waals surface area contributed by atoms with E-state index in [1.807, 2.05) is 11.6 Å². The van der Waals surface area contributed by atoms with Gasteiger partial charge in [-0.2, -0.15) is 0 Å². The minimum atomic E-state index is -0.147. The molecule has 1 rings (SSSR count). The Bertz CT molecular complexity index is 350. The first-order valence-corrected chi connectivity index (χ1v) is 5.78. The van der Waals surface area contributed by atoms with E-state index in [2.05, 4.69) is 28.8 Å². The maximum Gasteiger partial charge on any atom is 0.305 e.